The predicted octanol–water partition coefficient (Wildman–Crippen LogP) is -2.46. The smallest absolute Gasteiger partial charge is 0.321 e. The van der Waals surface area contributed by atoms with Gasteiger partial charge in [-0.2, -0.15) is 0 Å². The van der Waals surface area contributed by atoms with Gasteiger partial charge in [-0.25, -0.2) is 0 Å². The van der Waals surface area contributed by atoms with Gasteiger partial charge in [0, 0.05) is 6.42 Å². The molecule has 0 aliphatic carbocycles. The van der Waals surface area contributed by atoms with E-state index in [1.54, 1.807) is 0 Å². The van der Waals surface area contributed by atoms with E-state index < -0.39 is 35.9 Å². The Morgan fingerprint density at radius 1 is 0.895 bits per heavy atom. The molecule has 0 spiro atoms. The van der Waals surface area contributed by atoms with E-state index in [0.717, 1.165) is 0 Å². The van der Waals surface area contributed by atoms with Gasteiger partial charge in [0.05, 0.1) is 6.42 Å². The molecule has 0 unspecified atom stereocenters. The summed E-state index contributed by atoms with van der Waals surface area (Å²) < 4.78 is 0. The minimum absolute atomic E-state index is 0.0231. The van der Waals surface area contributed by atoms with Crippen molar-refractivity contribution in [3.8, 4) is 0 Å². The van der Waals surface area contributed by atoms with Gasteiger partial charge in [-0.15, -0.1) is 0 Å². The average Bonchev–Trinajstić information content (AvgIpc) is 2.25. The molecule has 0 saturated heterocycles. The summed E-state index contributed by atoms with van der Waals surface area (Å²) in [5.41, 5.74) is 14.6. The third-order valence-electron chi connectivity index (χ3n) is 1.72. The minimum atomic E-state index is -1.21. The number of carbonyl (C=O) groups excluding carboxylic acids is 1. The summed E-state index contributed by atoms with van der Waals surface area (Å²) in [5, 5.41) is 24.4. The Hall–Kier alpha value is -2.20. The third-order valence-corrected chi connectivity index (χ3v) is 1.72. The molecule has 2 atom stereocenters. The number of carboxylic acids is 3. The third kappa shape index (κ3) is 13.7. The van der Waals surface area contributed by atoms with Gasteiger partial charge in [-0.3, -0.25) is 19.2 Å². The van der Waals surface area contributed by atoms with Crippen LogP contribution in [0.5, 0.6) is 0 Å². The number of primary amides is 1. The fraction of sp³-hybridized carbons (Fsp3) is 0.556. The van der Waals surface area contributed by atoms with Crippen molar-refractivity contribution in [2.75, 3.05) is 0 Å². The van der Waals surface area contributed by atoms with Crippen molar-refractivity contribution < 1.29 is 34.5 Å². The first kappa shape index (κ1) is 19.1. The highest BCUT2D eigenvalue weighted by molar-refractivity contribution is 5.83. The summed E-state index contributed by atoms with van der Waals surface area (Å²) in [6, 6.07) is -2.22. The van der Waals surface area contributed by atoms with Crippen LogP contribution in [0.3, 0.4) is 0 Å². The number of rotatable bonds is 7. The maximum absolute atomic E-state index is 9.99. The van der Waals surface area contributed by atoms with E-state index in [2.05, 4.69) is 5.73 Å². The molecule has 9 N–H and O–H groups in total. The lowest BCUT2D eigenvalue weighted by atomic mass is 10.2. The summed E-state index contributed by atoms with van der Waals surface area (Å²) in [4.78, 5) is 39.8. The molecule has 10 nitrogen and oxygen atoms in total. The molecule has 19 heavy (non-hydrogen) atoms. The summed E-state index contributed by atoms with van der Waals surface area (Å²) in [7, 11) is 0. The Morgan fingerprint density at radius 2 is 1.32 bits per heavy atom. The normalized spacial score (nSPS) is 12.5. The fourth-order valence-corrected chi connectivity index (χ4v) is 0.707. The maximum Gasteiger partial charge on any atom is 0.321 e. The van der Waals surface area contributed by atoms with Crippen molar-refractivity contribution in [3.05, 3.63) is 0 Å². The van der Waals surface area contributed by atoms with Gasteiger partial charge in [-0.05, 0) is 6.42 Å². The van der Waals surface area contributed by atoms with Crippen molar-refractivity contribution in [1.82, 2.24) is 0 Å². The molecule has 0 aromatic rings. The lowest BCUT2D eigenvalue weighted by molar-refractivity contribution is -0.141. The van der Waals surface area contributed by atoms with Crippen molar-refractivity contribution in [1.29, 1.82) is 0 Å². The van der Waals surface area contributed by atoms with Gasteiger partial charge in [0.15, 0.2) is 0 Å². The maximum atomic E-state index is 9.99. The van der Waals surface area contributed by atoms with Gasteiger partial charge in [0.25, 0.3) is 0 Å². The molecule has 1 amide bonds. The van der Waals surface area contributed by atoms with Crippen LogP contribution in [0.4, 0.5) is 0 Å². The van der Waals surface area contributed by atoms with Crippen molar-refractivity contribution in [2.24, 2.45) is 17.2 Å². The molecule has 0 aromatic carbocycles. The lowest BCUT2D eigenvalue weighted by Gasteiger charge is -2.01. The van der Waals surface area contributed by atoms with Crippen LogP contribution in [0.2, 0.25) is 0 Å². The van der Waals surface area contributed by atoms with E-state index >= 15 is 0 Å². The molecular formula is C9H17N3O7. The van der Waals surface area contributed by atoms with Crippen LogP contribution in [-0.2, 0) is 19.2 Å². The van der Waals surface area contributed by atoms with E-state index in [0.29, 0.717) is 0 Å². The highest BCUT2D eigenvalue weighted by atomic mass is 16.4. The van der Waals surface area contributed by atoms with E-state index in [9.17, 15) is 19.2 Å². The summed E-state index contributed by atoms with van der Waals surface area (Å²) in [6.45, 7) is 0. The molecule has 0 heterocycles. The van der Waals surface area contributed by atoms with Crippen LogP contribution >= 0.6 is 0 Å². The Balaban J connectivity index is 0. The van der Waals surface area contributed by atoms with Crippen LogP contribution in [0.15, 0.2) is 0 Å². The molecule has 0 bridgehead atoms. The second-order valence-corrected chi connectivity index (χ2v) is 3.49. The first-order valence-corrected chi connectivity index (χ1v) is 5.04. The van der Waals surface area contributed by atoms with Crippen molar-refractivity contribution in [2.45, 2.75) is 31.3 Å². The number of nitrogens with two attached hydrogens (primary N) is 3. The molecule has 0 rings (SSSR count). The number of carboxylic acid groups (broad SMARTS) is 3. The highest BCUT2D eigenvalue weighted by Crippen LogP contribution is 1.93. The number of aliphatic carboxylic acids is 3. The molecular weight excluding hydrogens is 262 g/mol. The van der Waals surface area contributed by atoms with Crippen molar-refractivity contribution >= 4 is 23.8 Å². The van der Waals surface area contributed by atoms with E-state index in [-0.39, 0.29) is 19.3 Å². The van der Waals surface area contributed by atoms with Crippen LogP contribution < -0.4 is 17.2 Å². The second-order valence-electron chi connectivity index (χ2n) is 3.49. The Morgan fingerprint density at radius 3 is 1.53 bits per heavy atom. The van der Waals surface area contributed by atoms with E-state index in [1.165, 1.54) is 0 Å². The first-order valence-electron chi connectivity index (χ1n) is 5.04. The number of carbonyl (C=O) groups is 4. The molecule has 0 aliphatic heterocycles. The van der Waals surface area contributed by atoms with Crippen LogP contribution in [0.25, 0.3) is 0 Å². The van der Waals surface area contributed by atoms with Crippen LogP contribution in [0, 0.1) is 0 Å². The number of amides is 1. The quantitative estimate of drug-likeness (QED) is 0.291. The summed E-state index contributed by atoms with van der Waals surface area (Å²) in [5.74, 6) is -4.11. The second kappa shape index (κ2) is 9.79. The van der Waals surface area contributed by atoms with Crippen molar-refractivity contribution in [3.63, 3.8) is 0 Å². The van der Waals surface area contributed by atoms with Crippen LogP contribution in [0.1, 0.15) is 19.3 Å². The molecule has 10 heteroatoms. The van der Waals surface area contributed by atoms with Gasteiger partial charge in [0.1, 0.15) is 12.1 Å². The Bertz CT molecular complexity index is 345. The molecule has 0 aliphatic rings. The first-order chi connectivity index (χ1) is 8.57. The number of hydrogen-bond acceptors (Lipinski definition) is 6. The lowest BCUT2D eigenvalue weighted by Crippen LogP contribution is -2.34. The van der Waals surface area contributed by atoms with Gasteiger partial charge in [0.2, 0.25) is 5.91 Å². The van der Waals surface area contributed by atoms with Gasteiger partial charge >= 0.3 is 17.9 Å². The Kier molecular flexibility index (Phi) is 9.87. The van der Waals surface area contributed by atoms with E-state index in [4.69, 9.17) is 26.8 Å². The monoisotopic (exact) mass is 279 g/mol. The zero-order valence-electron chi connectivity index (χ0n) is 9.98. The molecule has 0 radical (unpaired) electrons. The van der Waals surface area contributed by atoms with Gasteiger partial charge < -0.3 is 32.5 Å². The zero-order valence-corrected chi connectivity index (χ0v) is 9.98. The van der Waals surface area contributed by atoms with Crippen LogP contribution in [-0.4, -0.2) is 51.2 Å². The summed E-state index contributed by atoms with van der Waals surface area (Å²) in [6.07, 6.45) is -0.534. The molecule has 0 aromatic heterocycles. The molecule has 110 valence electrons. The number of hydrogen-bond donors (Lipinski definition) is 6. The highest BCUT2D eigenvalue weighted by Gasteiger charge is 2.13. The largest absolute Gasteiger partial charge is 0.481 e. The van der Waals surface area contributed by atoms with Gasteiger partial charge in [-0.1, -0.05) is 0 Å². The average molecular weight is 279 g/mol. The zero-order chi connectivity index (χ0) is 15.6. The molecule has 0 fully saturated rings. The molecule has 0 saturated carbocycles. The fourth-order valence-electron chi connectivity index (χ4n) is 0.707. The SMILES string of the molecule is NC(=O)C[C@H](N)C(=O)O.N[C@@H](CCC(=O)O)C(=O)O. The standard InChI is InChI=1S/C5H9NO4.C4H8N2O3/c6-3(5(9)10)1-2-4(7)8;5-2(4(8)9)1-3(6)7/h3H,1-2,6H2,(H,7,8)(H,9,10);2H,1,5H2,(H2,6,7)(H,8,9)/t3-;2-/m00/s1. The predicted molar refractivity (Wildman–Crippen MR) is 61.9 cm³/mol. The van der Waals surface area contributed by atoms with E-state index in [1.807, 2.05) is 0 Å². The summed E-state index contributed by atoms with van der Waals surface area (Å²) >= 11 is 0. The Labute approximate surface area is 108 Å². The topological polar surface area (TPSA) is 207 Å². The minimum Gasteiger partial charge on any atom is -0.481 e.